The fraction of sp³-hybridized carbons (Fsp3) is 0.241. The lowest BCUT2D eigenvalue weighted by molar-refractivity contribution is -0.132. The normalized spacial score (nSPS) is 17.3. The summed E-state index contributed by atoms with van der Waals surface area (Å²) in [6, 6.07) is 19.6. The summed E-state index contributed by atoms with van der Waals surface area (Å²) in [6.45, 7) is 8.43. The van der Waals surface area contributed by atoms with Gasteiger partial charge in [-0.05, 0) is 73.7 Å². The summed E-state index contributed by atoms with van der Waals surface area (Å²) >= 11 is 0. The van der Waals surface area contributed by atoms with Crippen molar-refractivity contribution >= 4 is 23.1 Å². The second-order valence-corrected chi connectivity index (χ2v) is 8.63. The van der Waals surface area contributed by atoms with Gasteiger partial charge in [0.05, 0.1) is 18.2 Å². The minimum absolute atomic E-state index is 0.0822. The van der Waals surface area contributed by atoms with Gasteiger partial charge in [-0.25, -0.2) is 0 Å². The van der Waals surface area contributed by atoms with E-state index in [-0.39, 0.29) is 11.3 Å². The van der Waals surface area contributed by atoms with E-state index in [9.17, 15) is 14.7 Å². The molecule has 1 N–H and O–H groups in total. The van der Waals surface area contributed by atoms with E-state index in [1.165, 1.54) is 4.90 Å². The first-order chi connectivity index (χ1) is 16.3. The number of amides is 1. The Hall–Kier alpha value is -3.86. The van der Waals surface area contributed by atoms with Crippen molar-refractivity contribution < 1.29 is 19.4 Å². The molecule has 1 atom stereocenters. The van der Waals surface area contributed by atoms with Gasteiger partial charge in [0.1, 0.15) is 11.5 Å². The Bertz CT molecular complexity index is 1280. The van der Waals surface area contributed by atoms with Crippen molar-refractivity contribution in [1.29, 1.82) is 0 Å². The van der Waals surface area contributed by atoms with Crippen LogP contribution in [0.15, 0.2) is 72.3 Å². The second kappa shape index (κ2) is 9.56. The topological polar surface area (TPSA) is 66.8 Å². The highest BCUT2D eigenvalue weighted by Gasteiger charge is 2.47. The number of ether oxygens (including phenoxy) is 1. The van der Waals surface area contributed by atoms with Gasteiger partial charge in [0.15, 0.2) is 0 Å². The number of aliphatic hydroxyl groups is 1. The molecule has 0 bridgehead atoms. The summed E-state index contributed by atoms with van der Waals surface area (Å²) in [6.07, 6.45) is 0.889. The predicted octanol–water partition coefficient (Wildman–Crippen LogP) is 6.03. The summed E-state index contributed by atoms with van der Waals surface area (Å²) in [7, 11) is 0. The lowest BCUT2D eigenvalue weighted by Crippen LogP contribution is -2.30. The molecule has 0 saturated carbocycles. The van der Waals surface area contributed by atoms with E-state index in [1.54, 1.807) is 18.2 Å². The van der Waals surface area contributed by atoms with E-state index in [4.69, 9.17) is 4.74 Å². The van der Waals surface area contributed by atoms with Gasteiger partial charge in [-0.15, -0.1) is 0 Å². The van der Waals surface area contributed by atoms with Crippen LogP contribution in [0.2, 0.25) is 0 Å². The minimum Gasteiger partial charge on any atom is -0.507 e. The molecule has 1 unspecified atom stereocenters. The van der Waals surface area contributed by atoms with Gasteiger partial charge in [-0.3, -0.25) is 14.5 Å². The zero-order valence-corrected chi connectivity index (χ0v) is 20.0. The maximum Gasteiger partial charge on any atom is 0.300 e. The Morgan fingerprint density at radius 2 is 1.68 bits per heavy atom. The Balaban J connectivity index is 1.89. The molecule has 1 heterocycles. The summed E-state index contributed by atoms with van der Waals surface area (Å²) < 4.78 is 5.75. The molecule has 3 aromatic carbocycles. The lowest BCUT2D eigenvalue weighted by atomic mass is 9.94. The largest absolute Gasteiger partial charge is 0.507 e. The molecule has 1 fully saturated rings. The molecule has 0 spiro atoms. The standard InChI is InChI=1S/C29H29NO4/c1-5-16-34-24-15-14-22(17-19(24)3)27(31)25-26(21-11-7-6-8-12-21)30(29(33)28(25)32)23-13-9-10-18(2)20(23)4/h6-15,17,26,31H,5,16H2,1-4H3/b27-25+. The van der Waals surface area contributed by atoms with Gasteiger partial charge in [0.25, 0.3) is 11.7 Å². The number of hydrogen-bond acceptors (Lipinski definition) is 4. The van der Waals surface area contributed by atoms with E-state index in [0.29, 0.717) is 17.9 Å². The van der Waals surface area contributed by atoms with E-state index < -0.39 is 17.7 Å². The SMILES string of the molecule is CCCOc1ccc(/C(O)=C2\C(=O)C(=O)N(c3cccc(C)c3C)C2c2ccccc2)cc1C. The highest BCUT2D eigenvalue weighted by atomic mass is 16.5. The van der Waals surface area contributed by atoms with Crippen molar-refractivity contribution in [3.05, 3.63) is 100 Å². The first-order valence-electron chi connectivity index (χ1n) is 11.5. The van der Waals surface area contributed by atoms with Gasteiger partial charge >= 0.3 is 0 Å². The summed E-state index contributed by atoms with van der Waals surface area (Å²) in [5.74, 6) is -0.807. The van der Waals surface area contributed by atoms with Crippen LogP contribution in [0.1, 0.15) is 47.2 Å². The number of nitrogens with zero attached hydrogens (tertiary/aromatic N) is 1. The van der Waals surface area contributed by atoms with E-state index in [2.05, 4.69) is 0 Å². The number of rotatable bonds is 6. The van der Waals surface area contributed by atoms with Crippen LogP contribution in [0.5, 0.6) is 5.75 Å². The van der Waals surface area contributed by atoms with Gasteiger partial charge in [0.2, 0.25) is 0 Å². The number of benzene rings is 3. The molecular weight excluding hydrogens is 426 g/mol. The average molecular weight is 456 g/mol. The molecule has 1 aliphatic rings. The van der Waals surface area contributed by atoms with Gasteiger partial charge < -0.3 is 9.84 Å². The molecule has 3 aromatic rings. The maximum absolute atomic E-state index is 13.3. The molecule has 0 aliphatic carbocycles. The van der Waals surface area contributed by atoms with Crippen LogP contribution in [0.25, 0.3) is 5.76 Å². The van der Waals surface area contributed by atoms with Crippen molar-refractivity contribution in [2.45, 2.75) is 40.2 Å². The average Bonchev–Trinajstić information content (AvgIpc) is 3.10. The number of anilines is 1. The summed E-state index contributed by atoms with van der Waals surface area (Å²) in [5.41, 5.74) is 4.75. The van der Waals surface area contributed by atoms with Crippen LogP contribution in [0, 0.1) is 20.8 Å². The maximum atomic E-state index is 13.3. The Kier molecular flexibility index (Phi) is 6.55. The number of Topliss-reactive ketones (excluding diaryl/α,β-unsaturated/α-hetero) is 1. The fourth-order valence-corrected chi connectivity index (χ4v) is 4.35. The number of aryl methyl sites for hydroxylation is 2. The van der Waals surface area contributed by atoms with Crippen molar-refractivity contribution in [2.24, 2.45) is 0 Å². The quantitative estimate of drug-likeness (QED) is 0.280. The molecule has 5 nitrogen and oxygen atoms in total. The van der Waals surface area contributed by atoms with Gasteiger partial charge in [-0.2, -0.15) is 0 Å². The van der Waals surface area contributed by atoms with Gasteiger partial charge in [-0.1, -0.05) is 49.4 Å². The fourth-order valence-electron chi connectivity index (χ4n) is 4.35. The second-order valence-electron chi connectivity index (χ2n) is 8.63. The van der Waals surface area contributed by atoms with Crippen LogP contribution in [0.3, 0.4) is 0 Å². The number of aliphatic hydroxyl groups excluding tert-OH is 1. The first kappa shape index (κ1) is 23.3. The summed E-state index contributed by atoms with van der Waals surface area (Å²) in [4.78, 5) is 28.2. The monoisotopic (exact) mass is 455 g/mol. The van der Waals surface area contributed by atoms with Gasteiger partial charge in [0, 0.05) is 11.3 Å². The van der Waals surface area contributed by atoms with Crippen molar-refractivity contribution in [2.75, 3.05) is 11.5 Å². The van der Waals surface area contributed by atoms with Crippen molar-refractivity contribution in [3.8, 4) is 5.75 Å². The van der Waals surface area contributed by atoms with E-state index >= 15 is 0 Å². The Labute approximate surface area is 200 Å². The van der Waals surface area contributed by atoms with Crippen molar-refractivity contribution in [1.82, 2.24) is 0 Å². The minimum atomic E-state index is -0.738. The highest BCUT2D eigenvalue weighted by molar-refractivity contribution is 6.51. The number of ketones is 1. The van der Waals surface area contributed by atoms with Crippen LogP contribution >= 0.6 is 0 Å². The Morgan fingerprint density at radius 1 is 0.941 bits per heavy atom. The number of carbonyl (C=O) groups is 2. The zero-order chi connectivity index (χ0) is 24.4. The molecule has 0 radical (unpaired) electrons. The van der Waals surface area contributed by atoms with E-state index in [1.807, 2.05) is 76.2 Å². The van der Waals surface area contributed by atoms with E-state index in [0.717, 1.165) is 34.4 Å². The van der Waals surface area contributed by atoms with Crippen LogP contribution in [-0.4, -0.2) is 23.4 Å². The molecule has 0 aromatic heterocycles. The molecule has 1 amide bonds. The summed E-state index contributed by atoms with van der Waals surface area (Å²) in [5, 5.41) is 11.4. The third kappa shape index (κ3) is 4.10. The predicted molar refractivity (Wildman–Crippen MR) is 134 cm³/mol. The van der Waals surface area contributed by atoms with Crippen molar-refractivity contribution in [3.63, 3.8) is 0 Å². The lowest BCUT2D eigenvalue weighted by Gasteiger charge is -2.27. The highest BCUT2D eigenvalue weighted by Crippen LogP contribution is 2.43. The molecule has 174 valence electrons. The molecule has 1 aliphatic heterocycles. The third-order valence-corrected chi connectivity index (χ3v) is 6.31. The van der Waals surface area contributed by atoms with Crippen LogP contribution in [0.4, 0.5) is 5.69 Å². The Morgan fingerprint density at radius 3 is 2.35 bits per heavy atom. The third-order valence-electron chi connectivity index (χ3n) is 6.31. The molecule has 5 heteroatoms. The molecule has 34 heavy (non-hydrogen) atoms. The number of carbonyl (C=O) groups excluding carboxylic acids is 2. The first-order valence-corrected chi connectivity index (χ1v) is 11.5. The molecule has 1 saturated heterocycles. The molecule has 4 rings (SSSR count). The van der Waals surface area contributed by atoms with Crippen LogP contribution in [-0.2, 0) is 9.59 Å². The molecular formula is C29H29NO4. The number of hydrogen-bond donors (Lipinski definition) is 1. The smallest absolute Gasteiger partial charge is 0.300 e. The van der Waals surface area contributed by atoms with Crippen LogP contribution < -0.4 is 9.64 Å². The zero-order valence-electron chi connectivity index (χ0n) is 20.0.